The van der Waals surface area contributed by atoms with Gasteiger partial charge in [-0.1, -0.05) is 11.6 Å². The van der Waals surface area contributed by atoms with E-state index in [4.69, 9.17) is 25.8 Å². The summed E-state index contributed by atoms with van der Waals surface area (Å²) in [5.41, 5.74) is 0.637. The van der Waals surface area contributed by atoms with Crippen molar-refractivity contribution in [1.29, 1.82) is 0 Å². The number of carbonyl (C=O) groups excluding carboxylic acids is 2. The highest BCUT2D eigenvalue weighted by Gasteiger charge is 2.10. The van der Waals surface area contributed by atoms with E-state index in [9.17, 15) is 9.59 Å². The summed E-state index contributed by atoms with van der Waals surface area (Å²) in [7, 11) is 2.97. The summed E-state index contributed by atoms with van der Waals surface area (Å²) < 4.78 is 15.1. The molecule has 1 aromatic carbocycles. The average molecular weight is 328 g/mol. The molecule has 0 aliphatic heterocycles. The van der Waals surface area contributed by atoms with Gasteiger partial charge in [-0.2, -0.15) is 0 Å². The predicted molar refractivity (Wildman–Crippen MR) is 83.2 cm³/mol. The van der Waals surface area contributed by atoms with Crippen molar-refractivity contribution in [3.8, 4) is 11.5 Å². The van der Waals surface area contributed by atoms with Gasteiger partial charge >= 0.3 is 5.97 Å². The van der Waals surface area contributed by atoms with Gasteiger partial charge < -0.3 is 19.5 Å². The third-order valence-corrected chi connectivity index (χ3v) is 2.87. The Labute approximate surface area is 134 Å². The highest BCUT2D eigenvalue weighted by atomic mass is 35.5. The Kier molecular flexibility index (Phi) is 7.25. The van der Waals surface area contributed by atoms with E-state index in [2.05, 4.69) is 5.32 Å². The SMILES string of the molecule is CCNC(=O)COC(=O)/C=C/c1cc(Cl)c(OC)c(OC)c1. The molecule has 0 atom stereocenters. The summed E-state index contributed by atoms with van der Waals surface area (Å²) in [5.74, 6) is -0.110. The van der Waals surface area contributed by atoms with Gasteiger partial charge in [0.05, 0.1) is 19.2 Å². The van der Waals surface area contributed by atoms with Crippen LogP contribution in [0.25, 0.3) is 6.08 Å². The van der Waals surface area contributed by atoms with Crippen LogP contribution >= 0.6 is 11.6 Å². The molecule has 0 saturated carbocycles. The lowest BCUT2D eigenvalue weighted by Crippen LogP contribution is -2.28. The fraction of sp³-hybridized carbons (Fsp3) is 0.333. The van der Waals surface area contributed by atoms with Gasteiger partial charge in [0.15, 0.2) is 18.1 Å². The number of ether oxygens (including phenoxy) is 3. The van der Waals surface area contributed by atoms with E-state index in [-0.39, 0.29) is 12.5 Å². The van der Waals surface area contributed by atoms with E-state index in [1.165, 1.54) is 26.4 Å². The third-order valence-electron chi connectivity index (χ3n) is 2.59. The molecule has 0 bridgehead atoms. The summed E-state index contributed by atoms with van der Waals surface area (Å²) in [4.78, 5) is 22.7. The van der Waals surface area contributed by atoms with E-state index in [1.807, 2.05) is 0 Å². The molecular formula is C15H18ClNO5. The topological polar surface area (TPSA) is 73.9 Å². The number of likely N-dealkylation sites (N-methyl/N-ethyl adjacent to an activating group) is 1. The smallest absolute Gasteiger partial charge is 0.331 e. The molecule has 0 aromatic heterocycles. The van der Waals surface area contributed by atoms with Crippen LogP contribution in [0.15, 0.2) is 18.2 Å². The molecule has 22 heavy (non-hydrogen) atoms. The van der Waals surface area contributed by atoms with Gasteiger partial charge in [-0.15, -0.1) is 0 Å². The first-order valence-corrected chi connectivity index (χ1v) is 6.92. The van der Waals surface area contributed by atoms with Gasteiger partial charge in [0.25, 0.3) is 5.91 Å². The summed E-state index contributed by atoms with van der Waals surface area (Å²) in [6, 6.07) is 3.29. The minimum absolute atomic E-state index is 0.316. The van der Waals surface area contributed by atoms with Gasteiger partial charge in [0.2, 0.25) is 0 Å². The van der Waals surface area contributed by atoms with Crippen LogP contribution in [-0.4, -0.2) is 39.2 Å². The van der Waals surface area contributed by atoms with E-state index >= 15 is 0 Å². The van der Waals surface area contributed by atoms with Crippen LogP contribution in [0.2, 0.25) is 5.02 Å². The number of nitrogens with one attached hydrogen (secondary N) is 1. The molecule has 0 saturated heterocycles. The Morgan fingerprint density at radius 1 is 1.27 bits per heavy atom. The van der Waals surface area contributed by atoms with Crippen molar-refractivity contribution in [3.05, 3.63) is 28.8 Å². The molecule has 1 aromatic rings. The molecule has 7 heteroatoms. The number of benzene rings is 1. The lowest BCUT2D eigenvalue weighted by Gasteiger charge is -2.10. The Hall–Kier alpha value is -2.21. The molecule has 6 nitrogen and oxygen atoms in total. The third kappa shape index (κ3) is 5.29. The van der Waals surface area contributed by atoms with Crippen molar-refractivity contribution in [2.24, 2.45) is 0 Å². The van der Waals surface area contributed by atoms with E-state index < -0.39 is 5.97 Å². The second-order valence-corrected chi connectivity index (χ2v) is 4.54. The van der Waals surface area contributed by atoms with Crippen molar-refractivity contribution in [1.82, 2.24) is 5.32 Å². The van der Waals surface area contributed by atoms with E-state index in [0.29, 0.717) is 28.6 Å². The monoisotopic (exact) mass is 327 g/mol. The lowest BCUT2D eigenvalue weighted by atomic mass is 10.2. The van der Waals surface area contributed by atoms with Gasteiger partial charge in [-0.25, -0.2) is 4.79 Å². The van der Waals surface area contributed by atoms with Crippen LogP contribution in [-0.2, 0) is 14.3 Å². The first-order valence-electron chi connectivity index (χ1n) is 6.54. The second kappa shape index (κ2) is 8.94. The average Bonchev–Trinajstić information content (AvgIpc) is 2.50. The summed E-state index contributed by atoms with van der Waals surface area (Å²) in [5, 5.41) is 2.88. The van der Waals surface area contributed by atoms with Crippen LogP contribution < -0.4 is 14.8 Å². The van der Waals surface area contributed by atoms with Crippen LogP contribution in [0.5, 0.6) is 11.5 Å². The Balaban J connectivity index is 2.71. The maximum absolute atomic E-state index is 11.5. The number of esters is 1. The van der Waals surface area contributed by atoms with Crippen molar-refractivity contribution in [2.45, 2.75) is 6.92 Å². The number of hydrogen-bond acceptors (Lipinski definition) is 5. The molecule has 1 rings (SSSR count). The second-order valence-electron chi connectivity index (χ2n) is 4.13. The highest BCUT2D eigenvalue weighted by Crippen LogP contribution is 2.36. The number of methoxy groups -OCH3 is 2. The maximum atomic E-state index is 11.5. The molecule has 1 amide bonds. The summed E-state index contributed by atoms with van der Waals surface area (Å²) in [6.07, 6.45) is 2.71. The number of halogens is 1. The van der Waals surface area contributed by atoms with E-state index in [0.717, 1.165) is 0 Å². The summed E-state index contributed by atoms with van der Waals surface area (Å²) in [6.45, 7) is 1.94. The van der Waals surface area contributed by atoms with Crippen molar-refractivity contribution in [2.75, 3.05) is 27.4 Å². The molecule has 0 aliphatic rings. The van der Waals surface area contributed by atoms with Crippen molar-refractivity contribution >= 4 is 29.6 Å². The molecule has 0 heterocycles. The minimum atomic E-state index is -0.628. The normalized spacial score (nSPS) is 10.4. The fourth-order valence-electron chi connectivity index (χ4n) is 1.63. The summed E-state index contributed by atoms with van der Waals surface area (Å²) >= 11 is 6.06. The van der Waals surface area contributed by atoms with Gasteiger partial charge in [-0.3, -0.25) is 4.79 Å². The van der Waals surface area contributed by atoms with Crippen molar-refractivity contribution < 1.29 is 23.8 Å². The van der Waals surface area contributed by atoms with Gasteiger partial charge in [0.1, 0.15) is 0 Å². The molecule has 0 radical (unpaired) electrons. The zero-order valence-electron chi connectivity index (χ0n) is 12.6. The highest BCUT2D eigenvalue weighted by molar-refractivity contribution is 6.32. The number of rotatable bonds is 7. The fourth-order valence-corrected chi connectivity index (χ4v) is 1.93. The van der Waals surface area contributed by atoms with Crippen molar-refractivity contribution in [3.63, 3.8) is 0 Å². The zero-order valence-corrected chi connectivity index (χ0v) is 13.4. The van der Waals surface area contributed by atoms with Crippen LogP contribution in [0.3, 0.4) is 0 Å². The zero-order chi connectivity index (χ0) is 16.5. The van der Waals surface area contributed by atoms with E-state index in [1.54, 1.807) is 19.1 Å². The maximum Gasteiger partial charge on any atom is 0.331 e. The quantitative estimate of drug-likeness (QED) is 0.613. The largest absolute Gasteiger partial charge is 0.493 e. The van der Waals surface area contributed by atoms with Gasteiger partial charge in [-0.05, 0) is 30.7 Å². The molecular weight excluding hydrogens is 310 g/mol. The van der Waals surface area contributed by atoms with Gasteiger partial charge in [0, 0.05) is 12.6 Å². The van der Waals surface area contributed by atoms with Crippen LogP contribution in [0.4, 0.5) is 0 Å². The first kappa shape index (κ1) is 17.8. The number of carbonyl (C=O) groups is 2. The molecule has 1 N–H and O–H groups in total. The number of hydrogen-bond donors (Lipinski definition) is 1. The molecule has 0 fully saturated rings. The predicted octanol–water partition coefficient (Wildman–Crippen LogP) is 2.05. The Morgan fingerprint density at radius 2 is 2.00 bits per heavy atom. The first-order chi connectivity index (χ1) is 10.5. The minimum Gasteiger partial charge on any atom is -0.493 e. The lowest BCUT2D eigenvalue weighted by molar-refractivity contribution is -0.143. The Bertz CT molecular complexity index is 571. The molecule has 0 spiro atoms. The molecule has 0 aliphatic carbocycles. The number of amides is 1. The molecule has 120 valence electrons. The Morgan fingerprint density at radius 3 is 2.59 bits per heavy atom. The van der Waals surface area contributed by atoms with Crippen LogP contribution in [0, 0.1) is 0 Å². The van der Waals surface area contributed by atoms with Crippen LogP contribution in [0.1, 0.15) is 12.5 Å². The molecule has 0 unspecified atom stereocenters. The standard InChI is InChI=1S/C15H18ClNO5/c1-4-17-13(18)9-22-14(19)6-5-10-7-11(16)15(21-3)12(8-10)20-2/h5-8H,4,9H2,1-3H3,(H,17,18)/b6-5+.